The Balaban J connectivity index is 1.24. The van der Waals surface area contributed by atoms with Gasteiger partial charge < -0.3 is 9.80 Å². The van der Waals surface area contributed by atoms with Crippen LogP contribution in [0.15, 0.2) is 24.5 Å². The van der Waals surface area contributed by atoms with Crippen molar-refractivity contribution in [3.8, 4) is 0 Å². The normalized spacial score (nSPS) is 18.0. The minimum absolute atomic E-state index is 0.306. The molecule has 0 atom stereocenters. The third kappa shape index (κ3) is 4.95. The van der Waals surface area contributed by atoms with Crippen molar-refractivity contribution >= 4 is 28.9 Å². The van der Waals surface area contributed by atoms with Gasteiger partial charge in [0.15, 0.2) is 0 Å². The summed E-state index contributed by atoms with van der Waals surface area (Å²) in [6, 6.07) is 4.12. The minimum Gasteiger partial charge on any atom is -0.338 e. The Morgan fingerprint density at radius 1 is 1.03 bits per heavy atom. The van der Waals surface area contributed by atoms with E-state index in [0.29, 0.717) is 12.3 Å². The molecule has 0 bridgehead atoms. The van der Waals surface area contributed by atoms with E-state index in [4.69, 9.17) is 0 Å². The molecule has 0 N–H and O–H groups in total. The summed E-state index contributed by atoms with van der Waals surface area (Å²) < 4.78 is 0. The van der Waals surface area contributed by atoms with Crippen molar-refractivity contribution in [1.29, 1.82) is 0 Å². The number of fused-ring (bicyclic) bond motifs is 1. The number of hydrogen-bond acceptors (Lipinski definition) is 6. The number of piperazine rings is 1. The van der Waals surface area contributed by atoms with Crippen molar-refractivity contribution in [2.24, 2.45) is 0 Å². The van der Waals surface area contributed by atoms with Crippen molar-refractivity contribution in [2.45, 2.75) is 45.4 Å². The molecule has 156 valence electrons. The van der Waals surface area contributed by atoms with Crippen LogP contribution in [0.25, 0.3) is 0 Å². The highest BCUT2D eigenvalue weighted by Crippen LogP contribution is 2.35. The number of aromatic nitrogens is 2. The van der Waals surface area contributed by atoms with Crippen LogP contribution in [0.4, 0.5) is 11.6 Å². The fourth-order valence-electron chi connectivity index (χ4n) is 4.20. The molecule has 0 radical (unpaired) electrons. The van der Waals surface area contributed by atoms with E-state index >= 15 is 0 Å². The summed E-state index contributed by atoms with van der Waals surface area (Å²) in [7, 11) is 0. The SMILES string of the molecule is CCc1cc2c(s1)CCCC(=O)N2CCCCN1CCN(c2ncccn2)CC1. The summed E-state index contributed by atoms with van der Waals surface area (Å²) >= 11 is 1.90. The Morgan fingerprint density at radius 3 is 2.55 bits per heavy atom. The lowest BCUT2D eigenvalue weighted by atomic mass is 10.2. The van der Waals surface area contributed by atoms with Crippen LogP contribution in [0.5, 0.6) is 0 Å². The first-order valence-electron chi connectivity index (χ1n) is 10.9. The molecule has 4 rings (SSSR count). The molecule has 4 heterocycles. The Hall–Kier alpha value is -1.99. The van der Waals surface area contributed by atoms with Crippen LogP contribution in [0.2, 0.25) is 0 Å². The molecular formula is C22H31N5OS. The molecule has 0 aliphatic carbocycles. The molecule has 2 aromatic rings. The highest BCUT2D eigenvalue weighted by atomic mass is 32.1. The number of unbranched alkanes of at least 4 members (excludes halogenated alkanes) is 1. The molecule has 1 amide bonds. The summed E-state index contributed by atoms with van der Waals surface area (Å²) in [5, 5.41) is 0. The van der Waals surface area contributed by atoms with Gasteiger partial charge in [0, 0.05) is 61.3 Å². The van der Waals surface area contributed by atoms with E-state index in [1.807, 2.05) is 17.4 Å². The predicted molar refractivity (Wildman–Crippen MR) is 119 cm³/mol. The van der Waals surface area contributed by atoms with E-state index in [0.717, 1.165) is 77.3 Å². The maximum absolute atomic E-state index is 12.6. The molecule has 1 fully saturated rings. The van der Waals surface area contributed by atoms with E-state index < -0.39 is 0 Å². The zero-order valence-corrected chi connectivity index (χ0v) is 18.2. The maximum Gasteiger partial charge on any atom is 0.227 e. The largest absolute Gasteiger partial charge is 0.338 e. The molecule has 6 nitrogen and oxygen atoms in total. The smallest absolute Gasteiger partial charge is 0.227 e. The van der Waals surface area contributed by atoms with Gasteiger partial charge in [0.05, 0.1) is 5.69 Å². The van der Waals surface area contributed by atoms with Gasteiger partial charge in [0.1, 0.15) is 0 Å². The van der Waals surface area contributed by atoms with Gasteiger partial charge >= 0.3 is 0 Å². The number of aryl methyl sites for hydroxylation is 2. The van der Waals surface area contributed by atoms with Gasteiger partial charge in [-0.15, -0.1) is 11.3 Å². The molecule has 7 heteroatoms. The summed E-state index contributed by atoms with van der Waals surface area (Å²) in [6.45, 7) is 8.21. The molecule has 0 spiro atoms. The van der Waals surface area contributed by atoms with E-state index in [1.54, 1.807) is 12.4 Å². The number of thiophene rings is 1. The highest BCUT2D eigenvalue weighted by Gasteiger charge is 2.24. The second-order valence-corrected chi connectivity index (χ2v) is 9.08. The molecule has 0 aromatic carbocycles. The Morgan fingerprint density at radius 2 is 1.79 bits per heavy atom. The van der Waals surface area contributed by atoms with Crippen LogP contribution >= 0.6 is 11.3 Å². The highest BCUT2D eigenvalue weighted by molar-refractivity contribution is 7.12. The molecule has 2 aliphatic rings. The van der Waals surface area contributed by atoms with Gasteiger partial charge in [-0.1, -0.05) is 6.92 Å². The fourth-order valence-corrected chi connectivity index (χ4v) is 5.35. The van der Waals surface area contributed by atoms with Gasteiger partial charge in [-0.25, -0.2) is 9.97 Å². The van der Waals surface area contributed by atoms with E-state index in [-0.39, 0.29) is 0 Å². The van der Waals surface area contributed by atoms with Crippen LogP contribution in [0.3, 0.4) is 0 Å². The Labute approximate surface area is 177 Å². The molecular weight excluding hydrogens is 382 g/mol. The van der Waals surface area contributed by atoms with Crippen molar-refractivity contribution in [1.82, 2.24) is 14.9 Å². The van der Waals surface area contributed by atoms with Crippen molar-refractivity contribution in [3.05, 3.63) is 34.3 Å². The molecule has 0 unspecified atom stereocenters. The van der Waals surface area contributed by atoms with Crippen LogP contribution in [0.1, 0.15) is 42.4 Å². The first kappa shape index (κ1) is 20.3. The zero-order valence-electron chi connectivity index (χ0n) is 17.3. The number of anilines is 2. The quantitative estimate of drug-likeness (QED) is 0.652. The zero-order chi connectivity index (χ0) is 20.1. The maximum atomic E-state index is 12.6. The van der Waals surface area contributed by atoms with Crippen molar-refractivity contribution < 1.29 is 4.79 Å². The van der Waals surface area contributed by atoms with Gasteiger partial charge in [-0.2, -0.15) is 0 Å². The lowest BCUT2D eigenvalue weighted by Crippen LogP contribution is -2.47. The van der Waals surface area contributed by atoms with Crippen LogP contribution in [-0.4, -0.2) is 60.0 Å². The number of carbonyl (C=O) groups excluding carboxylic acids is 1. The average molecular weight is 414 g/mol. The van der Waals surface area contributed by atoms with Crippen LogP contribution in [-0.2, 0) is 17.6 Å². The summed E-state index contributed by atoms with van der Waals surface area (Å²) in [4.78, 5) is 31.0. The van der Waals surface area contributed by atoms with Crippen molar-refractivity contribution in [3.63, 3.8) is 0 Å². The second-order valence-electron chi connectivity index (χ2n) is 7.86. The van der Waals surface area contributed by atoms with E-state index in [1.165, 1.54) is 15.4 Å². The Bertz CT molecular complexity index is 801. The number of amides is 1. The third-order valence-electron chi connectivity index (χ3n) is 5.89. The van der Waals surface area contributed by atoms with E-state index in [2.05, 4.69) is 37.7 Å². The van der Waals surface area contributed by atoms with Gasteiger partial charge in [0.2, 0.25) is 11.9 Å². The lowest BCUT2D eigenvalue weighted by molar-refractivity contribution is -0.118. The van der Waals surface area contributed by atoms with Crippen LogP contribution < -0.4 is 9.80 Å². The van der Waals surface area contributed by atoms with Gasteiger partial charge in [0.25, 0.3) is 0 Å². The Kier molecular flexibility index (Phi) is 6.77. The molecule has 2 aliphatic heterocycles. The fraction of sp³-hybridized carbons (Fsp3) is 0.591. The molecule has 0 saturated carbocycles. The third-order valence-corrected chi connectivity index (χ3v) is 7.21. The summed E-state index contributed by atoms with van der Waals surface area (Å²) in [5.41, 5.74) is 1.20. The monoisotopic (exact) mass is 413 g/mol. The second kappa shape index (κ2) is 9.67. The molecule has 29 heavy (non-hydrogen) atoms. The van der Waals surface area contributed by atoms with Gasteiger partial charge in [-0.3, -0.25) is 9.69 Å². The number of rotatable bonds is 7. The van der Waals surface area contributed by atoms with Crippen LogP contribution in [0, 0.1) is 0 Å². The standard InChI is InChI=1S/C22H31N5OS/c1-2-18-17-19-20(29-18)7-5-8-21(28)27(19)12-4-3-11-25-13-15-26(16-14-25)22-23-9-6-10-24-22/h6,9-10,17H,2-5,7-8,11-16H2,1H3. The number of carbonyl (C=O) groups is 1. The summed E-state index contributed by atoms with van der Waals surface area (Å²) in [6.07, 6.45) is 9.59. The van der Waals surface area contributed by atoms with Gasteiger partial charge in [-0.05, 0) is 50.8 Å². The average Bonchev–Trinajstić information content (AvgIpc) is 3.11. The summed E-state index contributed by atoms with van der Waals surface area (Å²) in [5.74, 6) is 1.14. The van der Waals surface area contributed by atoms with Crippen molar-refractivity contribution in [2.75, 3.05) is 49.1 Å². The number of hydrogen-bond donors (Lipinski definition) is 0. The molecule has 1 saturated heterocycles. The topological polar surface area (TPSA) is 52.6 Å². The predicted octanol–water partition coefficient (Wildman–Crippen LogP) is 3.37. The lowest BCUT2D eigenvalue weighted by Gasteiger charge is -2.34. The first-order valence-corrected chi connectivity index (χ1v) is 11.7. The first-order chi connectivity index (χ1) is 14.2. The number of nitrogens with zero attached hydrogens (tertiary/aromatic N) is 5. The molecule has 2 aromatic heterocycles. The minimum atomic E-state index is 0.306. The van der Waals surface area contributed by atoms with E-state index in [9.17, 15) is 4.79 Å².